The molecule has 0 aliphatic rings. The lowest BCUT2D eigenvalue weighted by Crippen LogP contribution is -1.97. The number of benzene rings is 2. The minimum Gasteiger partial charge on any atom is -0.508 e. The van der Waals surface area contributed by atoms with E-state index in [2.05, 4.69) is 0 Å². The van der Waals surface area contributed by atoms with Crippen molar-refractivity contribution < 1.29 is 19.7 Å². The number of phenolic OH excluding ortho intramolecular Hbond substituents is 1. The fourth-order valence-corrected chi connectivity index (χ4v) is 2.11. The summed E-state index contributed by atoms with van der Waals surface area (Å²) in [6, 6.07) is 9.91. The molecule has 0 unspecified atom stereocenters. The first-order chi connectivity index (χ1) is 9.51. The number of ether oxygens (including phenoxy) is 1. The summed E-state index contributed by atoms with van der Waals surface area (Å²) >= 11 is 0. The first-order valence-electron chi connectivity index (χ1n) is 6.32. The lowest BCUT2D eigenvalue weighted by Gasteiger charge is -2.10. The smallest absolute Gasteiger partial charge is 0.335 e. The molecule has 20 heavy (non-hydrogen) atoms. The Morgan fingerprint density at radius 3 is 2.55 bits per heavy atom. The quantitative estimate of drug-likeness (QED) is 0.894. The van der Waals surface area contributed by atoms with E-state index in [-0.39, 0.29) is 11.3 Å². The van der Waals surface area contributed by atoms with Gasteiger partial charge in [-0.2, -0.15) is 0 Å². The van der Waals surface area contributed by atoms with Crippen LogP contribution in [0.4, 0.5) is 0 Å². The molecule has 0 saturated heterocycles. The van der Waals surface area contributed by atoms with Gasteiger partial charge in [-0.05, 0) is 60.9 Å². The summed E-state index contributed by atoms with van der Waals surface area (Å²) in [5.74, 6) is -0.355. The van der Waals surface area contributed by atoms with E-state index in [1.54, 1.807) is 12.1 Å². The molecule has 0 heterocycles. The van der Waals surface area contributed by atoms with Gasteiger partial charge in [-0.15, -0.1) is 0 Å². The topological polar surface area (TPSA) is 66.8 Å². The van der Waals surface area contributed by atoms with Crippen LogP contribution in [0.15, 0.2) is 36.4 Å². The van der Waals surface area contributed by atoms with Gasteiger partial charge in [0.2, 0.25) is 0 Å². The van der Waals surface area contributed by atoms with Gasteiger partial charge in [-0.25, -0.2) is 4.79 Å². The summed E-state index contributed by atoms with van der Waals surface area (Å²) in [6.07, 6.45) is 0. The highest BCUT2D eigenvalue weighted by atomic mass is 16.5. The average Bonchev–Trinajstić information content (AvgIpc) is 2.38. The normalized spacial score (nSPS) is 10.3. The predicted molar refractivity (Wildman–Crippen MR) is 76.4 cm³/mol. The Bertz CT molecular complexity index is 647. The molecule has 0 aliphatic carbocycles. The van der Waals surface area contributed by atoms with E-state index in [0.717, 1.165) is 16.9 Å². The molecule has 0 amide bonds. The van der Waals surface area contributed by atoms with Gasteiger partial charge >= 0.3 is 5.97 Å². The number of carboxylic acids is 1. The minimum absolute atomic E-state index is 0.0619. The lowest BCUT2D eigenvalue weighted by atomic mass is 9.98. The van der Waals surface area contributed by atoms with E-state index in [9.17, 15) is 9.90 Å². The third-order valence-electron chi connectivity index (χ3n) is 2.98. The number of aryl methyl sites for hydroxylation is 1. The summed E-state index contributed by atoms with van der Waals surface area (Å²) in [7, 11) is 0. The van der Waals surface area contributed by atoms with E-state index >= 15 is 0 Å². The Kier molecular flexibility index (Phi) is 3.94. The Balaban J connectivity index is 2.48. The first kappa shape index (κ1) is 13.9. The van der Waals surface area contributed by atoms with E-state index in [1.807, 2.05) is 32.0 Å². The van der Waals surface area contributed by atoms with Gasteiger partial charge in [0.25, 0.3) is 0 Å². The van der Waals surface area contributed by atoms with Gasteiger partial charge in [0.05, 0.1) is 12.2 Å². The zero-order valence-corrected chi connectivity index (χ0v) is 11.4. The van der Waals surface area contributed by atoms with Crippen LogP contribution in [0.25, 0.3) is 11.1 Å². The van der Waals surface area contributed by atoms with Crippen LogP contribution in [0.5, 0.6) is 11.5 Å². The summed E-state index contributed by atoms with van der Waals surface area (Å²) in [4.78, 5) is 11.0. The standard InChI is InChI=1S/C16H16O4/c1-3-20-14-4-5-15(10(2)6-14)11-7-12(16(18)19)9-13(17)8-11/h4-9,17H,3H2,1-2H3,(H,18,19). The molecule has 4 heteroatoms. The van der Waals surface area contributed by atoms with Gasteiger partial charge in [-0.1, -0.05) is 6.07 Å². The van der Waals surface area contributed by atoms with E-state index in [0.29, 0.717) is 12.2 Å². The fourth-order valence-electron chi connectivity index (χ4n) is 2.11. The van der Waals surface area contributed by atoms with Crippen molar-refractivity contribution in [1.82, 2.24) is 0 Å². The third-order valence-corrected chi connectivity index (χ3v) is 2.98. The molecule has 2 N–H and O–H groups in total. The van der Waals surface area contributed by atoms with Gasteiger partial charge in [0.15, 0.2) is 0 Å². The molecular weight excluding hydrogens is 256 g/mol. The van der Waals surface area contributed by atoms with Crippen molar-refractivity contribution in [3.05, 3.63) is 47.5 Å². The van der Waals surface area contributed by atoms with Crippen LogP contribution in [0.2, 0.25) is 0 Å². The largest absolute Gasteiger partial charge is 0.508 e. The van der Waals surface area contributed by atoms with Gasteiger partial charge in [-0.3, -0.25) is 0 Å². The van der Waals surface area contributed by atoms with Crippen molar-refractivity contribution in [1.29, 1.82) is 0 Å². The molecule has 0 fully saturated rings. The number of carboxylic acid groups (broad SMARTS) is 1. The molecule has 0 atom stereocenters. The van der Waals surface area contributed by atoms with Crippen LogP contribution < -0.4 is 4.74 Å². The first-order valence-corrected chi connectivity index (χ1v) is 6.32. The molecule has 4 nitrogen and oxygen atoms in total. The molecule has 104 valence electrons. The average molecular weight is 272 g/mol. The van der Waals surface area contributed by atoms with E-state index in [4.69, 9.17) is 9.84 Å². The molecule has 0 aromatic heterocycles. The fraction of sp³-hybridized carbons (Fsp3) is 0.188. The van der Waals surface area contributed by atoms with Crippen molar-refractivity contribution in [2.24, 2.45) is 0 Å². The van der Waals surface area contributed by atoms with Gasteiger partial charge in [0, 0.05) is 0 Å². The second-order valence-corrected chi connectivity index (χ2v) is 4.48. The summed E-state index contributed by atoms with van der Waals surface area (Å²) in [5, 5.41) is 18.7. The summed E-state index contributed by atoms with van der Waals surface area (Å²) in [5.41, 5.74) is 2.56. The summed E-state index contributed by atoms with van der Waals surface area (Å²) < 4.78 is 5.42. The van der Waals surface area contributed by atoms with E-state index < -0.39 is 5.97 Å². The zero-order valence-electron chi connectivity index (χ0n) is 11.4. The van der Waals surface area contributed by atoms with Crippen molar-refractivity contribution in [3.63, 3.8) is 0 Å². The Labute approximate surface area is 117 Å². The molecule has 0 aliphatic heterocycles. The lowest BCUT2D eigenvalue weighted by molar-refractivity contribution is 0.0696. The molecule has 0 radical (unpaired) electrons. The Hall–Kier alpha value is -2.49. The number of rotatable bonds is 4. The van der Waals surface area contributed by atoms with Gasteiger partial charge in [0.1, 0.15) is 11.5 Å². The molecule has 2 aromatic rings. The van der Waals surface area contributed by atoms with Crippen LogP contribution in [0.1, 0.15) is 22.8 Å². The van der Waals surface area contributed by atoms with Gasteiger partial charge < -0.3 is 14.9 Å². The number of carbonyl (C=O) groups is 1. The van der Waals surface area contributed by atoms with Crippen LogP contribution >= 0.6 is 0 Å². The van der Waals surface area contributed by atoms with Crippen LogP contribution in [-0.2, 0) is 0 Å². The van der Waals surface area contributed by atoms with Crippen LogP contribution in [0, 0.1) is 6.92 Å². The SMILES string of the molecule is CCOc1ccc(-c2cc(O)cc(C(=O)O)c2)c(C)c1. The number of aromatic hydroxyl groups is 1. The number of hydrogen-bond acceptors (Lipinski definition) is 3. The van der Waals surface area contributed by atoms with Crippen LogP contribution in [0.3, 0.4) is 0 Å². The molecule has 0 spiro atoms. The minimum atomic E-state index is -1.06. The molecule has 0 bridgehead atoms. The molecule has 2 aromatic carbocycles. The number of aromatic carboxylic acids is 1. The molecular formula is C16H16O4. The second kappa shape index (κ2) is 5.65. The van der Waals surface area contributed by atoms with Crippen molar-refractivity contribution in [2.45, 2.75) is 13.8 Å². The monoisotopic (exact) mass is 272 g/mol. The number of phenols is 1. The highest BCUT2D eigenvalue weighted by molar-refractivity contribution is 5.90. The maximum absolute atomic E-state index is 11.0. The maximum Gasteiger partial charge on any atom is 0.335 e. The molecule has 2 rings (SSSR count). The summed E-state index contributed by atoms with van der Waals surface area (Å²) in [6.45, 7) is 4.42. The second-order valence-electron chi connectivity index (χ2n) is 4.48. The Morgan fingerprint density at radius 2 is 1.95 bits per heavy atom. The predicted octanol–water partition coefficient (Wildman–Crippen LogP) is 3.46. The number of hydrogen-bond donors (Lipinski definition) is 2. The van der Waals surface area contributed by atoms with Crippen molar-refractivity contribution >= 4 is 5.97 Å². The maximum atomic E-state index is 11.0. The Morgan fingerprint density at radius 1 is 1.20 bits per heavy atom. The third kappa shape index (κ3) is 2.91. The van der Waals surface area contributed by atoms with Crippen molar-refractivity contribution in [3.8, 4) is 22.6 Å². The zero-order chi connectivity index (χ0) is 14.7. The highest BCUT2D eigenvalue weighted by Crippen LogP contribution is 2.30. The van der Waals surface area contributed by atoms with Crippen molar-refractivity contribution in [2.75, 3.05) is 6.61 Å². The van der Waals surface area contributed by atoms with Crippen LogP contribution in [-0.4, -0.2) is 22.8 Å². The van der Waals surface area contributed by atoms with E-state index in [1.165, 1.54) is 6.07 Å². The molecule has 0 saturated carbocycles. The highest BCUT2D eigenvalue weighted by Gasteiger charge is 2.10.